The lowest BCUT2D eigenvalue weighted by Crippen LogP contribution is -1.90. The van der Waals surface area contributed by atoms with Crippen LogP contribution in [0.25, 0.3) is 56.5 Å². The Kier molecular flexibility index (Phi) is 5.75. The second-order valence-electron chi connectivity index (χ2n) is 10.1. The lowest BCUT2D eigenvalue weighted by atomic mass is 10.0. The summed E-state index contributed by atoms with van der Waals surface area (Å²) in [5, 5.41) is 22.1. The quantitative estimate of drug-likeness (QED) is 0.160. The van der Waals surface area contributed by atoms with Gasteiger partial charge in [-0.1, -0.05) is 24.3 Å². The number of nitrogens with zero attached hydrogens (tertiary/aromatic N) is 2. The highest BCUT2D eigenvalue weighted by Crippen LogP contribution is 2.41. The number of H-pyrrole nitrogens is 2. The van der Waals surface area contributed by atoms with Gasteiger partial charge in [-0.25, -0.2) is 4.98 Å². The molecule has 2 aliphatic heterocycles. The van der Waals surface area contributed by atoms with Crippen LogP contribution in [0, 0.1) is 0 Å². The topological polar surface area (TPSA) is 133 Å². The summed E-state index contributed by atoms with van der Waals surface area (Å²) < 4.78 is 5.36. The number of aryl methyl sites for hydroxylation is 2. The number of hydrogen-bond donors (Lipinski definition) is 5. The number of hydrogen-bond acceptors (Lipinski definition) is 6. The first-order valence-electron chi connectivity index (χ1n) is 13.3. The number of methoxy groups -OCH3 is 1. The largest absolute Gasteiger partial charge is 0.503 e. The molecular weight excluding hydrogens is 514 g/mol. The maximum Gasteiger partial charge on any atom is 0.184 e. The van der Waals surface area contributed by atoms with Gasteiger partial charge in [0.2, 0.25) is 0 Å². The molecule has 5 heterocycles. The van der Waals surface area contributed by atoms with Crippen LogP contribution in [0.3, 0.4) is 0 Å². The van der Waals surface area contributed by atoms with E-state index in [1.54, 1.807) is 13.2 Å². The summed E-state index contributed by atoms with van der Waals surface area (Å²) >= 11 is 0. The Hall–Kier alpha value is -5.50. The van der Waals surface area contributed by atoms with Crippen molar-refractivity contribution in [3.63, 3.8) is 0 Å². The fraction of sp³-hybridized carbons (Fsp3) is 0.0909. The third-order valence-corrected chi connectivity index (χ3v) is 7.50. The van der Waals surface area contributed by atoms with Crippen LogP contribution >= 0.6 is 0 Å². The van der Waals surface area contributed by atoms with Gasteiger partial charge in [-0.15, -0.1) is 0 Å². The minimum atomic E-state index is -0.246. The molecule has 7 rings (SSSR count). The summed E-state index contributed by atoms with van der Waals surface area (Å²) in [6, 6.07) is 23.1. The van der Waals surface area contributed by atoms with Crippen LogP contribution in [0.5, 0.6) is 17.2 Å². The lowest BCUT2D eigenvalue weighted by molar-refractivity contribution is 0.414. The van der Waals surface area contributed by atoms with Gasteiger partial charge in [0, 0.05) is 33.5 Å². The molecule has 0 radical (unpaired) electrons. The first-order valence-corrected chi connectivity index (χ1v) is 13.3. The second-order valence-corrected chi connectivity index (χ2v) is 10.1. The normalized spacial score (nSPS) is 12.5. The molecule has 0 amide bonds. The van der Waals surface area contributed by atoms with E-state index in [9.17, 15) is 10.2 Å². The molecule has 41 heavy (non-hydrogen) atoms. The van der Waals surface area contributed by atoms with Crippen molar-refractivity contribution in [2.75, 3.05) is 12.8 Å². The summed E-state index contributed by atoms with van der Waals surface area (Å²) in [5.41, 5.74) is 15.7. The van der Waals surface area contributed by atoms with Crippen LogP contribution in [0.1, 0.15) is 22.8 Å². The van der Waals surface area contributed by atoms with Gasteiger partial charge >= 0.3 is 0 Å². The molecule has 5 aromatic rings. The van der Waals surface area contributed by atoms with Crippen molar-refractivity contribution in [3.05, 3.63) is 95.6 Å². The van der Waals surface area contributed by atoms with Crippen molar-refractivity contribution in [2.45, 2.75) is 12.8 Å². The van der Waals surface area contributed by atoms with Crippen LogP contribution in [-0.4, -0.2) is 37.3 Å². The molecule has 2 aliphatic rings. The minimum Gasteiger partial charge on any atom is -0.503 e. The number of fused-ring (bicyclic) bond motifs is 8. The Balaban J connectivity index is 1.58. The van der Waals surface area contributed by atoms with Crippen LogP contribution in [0.15, 0.2) is 72.8 Å². The molecule has 0 atom stereocenters. The number of nitrogens with one attached hydrogen (secondary N) is 2. The Morgan fingerprint density at radius 2 is 1.51 bits per heavy atom. The summed E-state index contributed by atoms with van der Waals surface area (Å²) in [4.78, 5) is 16.7. The van der Waals surface area contributed by atoms with Gasteiger partial charge in [0.15, 0.2) is 11.5 Å². The summed E-state index contributed by atoms with van der Waals surface area (Å²) in [6.07, 6.45) is 5.24. The Morgan fingerprint density at radius 3 is 2.29 bits per heavy atom. The van der Waals surface area contributed by atoms with Crippen LogP contribution in [0.4, 0.5) is 5.69 Å². The summed E-state index contributed by atoms with van der Waals surface area (Å²) in [5.74, 6) is 0.286. The number of aromatic amines is 2. The number of ether oxygens (including phenoxy) is 1. The average molecular weight is 542 g/mol. The van der Waals surface area contributed by atoms with Crippen LogP contribution in [-0.2, 0) is 12.8 Å². The van der Waals surface area contributed by atoms with E-state index in [0.717, 1.165) is 57.0 Å². The van der Waals surface area contributed by atoms with E-state index >= 15 is 0 Å². The first-order chi connectivity index (χ1) is 20.0. The van der Waals surface area contributed by atoms with Crippen molar-refractivity contribution in [3.8, 4) is 39.5 Å². The molecular formula is C33H27N5O3. The number of aromatic nitrogens is 4. The minimum absolute atomic E-state index is 0.238. The molecule has 0 saturated carbocycles. The highest BCUT2D eigenvalue weighted by molar-refractivity contribution is 5.94. The number of rotatable bonds is 3. The molecule has 0 spiro atoms. The molecule has 0 fully saturated rings. The highest BCUT2D eigenvalue weighted by atomic mass is 16.5. The SMILES string of the molecule is COc1ccc(-c2c3nc(cc4[nH]c(c(O)c4O)c(-c4ccc(N)cc4)c4nc(cc5ccc2[nH]5)CC4)C=C3)cc1. The van der Waals surface area contributed by atoms with Crippen LogP contribution in [0.2, 0.25) is 0 Å². The predicted molar refractivity (Wildman–Crippen MR) is 163 cm³/mol. The molecule has 0 aliphatic carbocycles. The molecule has 8 heteroatoms. The van der Waals surface area contributed by atoms with Gasteiger partial charge < -0.3 is 30.7 Å². The smallest absolute Gasteiger partial charge is 0.184 e. The molecule has 8 bridgehead atoms. The van der Waals surface area contributed by atoms with Crippen molar-refractivity contribution < 1.29 is 14.9 Å². The molecule has 2 aromatic carbocycles. The van der Waals surface area contributed by atoms with Crippen LogP contribution < -0.4 is 10.5 Å². The van der Waals surface area contributed by atoms with Gasteiger partial charge in [-0.3, -0.25) is 4.98 Å². The van der Waals surface area contributed by atoms with Gasteiger partial charge in [0.25, 0.3) is 0 Å². The van der Waals surface area contributed by atoms with Gasteiger partial charge in [0.1, 0.15) is 5.75 Å². The summed E-state index contributed by atoms with van der Waals surface area (Å²) in [7, 11) is 1.65. The summed E-state index contributed by atoms with van der Waals surface area (Å²) in [6.45, 7) is 0. The Bertz CT molecular complexity index is 2000. The number of anilines is 1. The van der Waals surface area contributed by atoms with Crippen molar-refractivity contribution in [2.24, 2.45) is 0 Å². The maximum absolute atomic E-state index is 11.1. The number of nitrogen functional groups attached to an aromatic ring is 1. The molecule has 6 N–H and O–H groups in total. The first kappa shape index (κ1) is 24.5. The van der Waals surface area contributed by atoms with E-state index in [2.05, 4.69) is 9.97 Å². The van der Waals surface area contributed by atoms with E-state index in [1.807, 2.05) is 78.9 Å². The lowest BCUT2D eigenvalue weighted by Gasteiger charge is -2.06. The van der Waals surface area contributed by atoms with E-state index in [4.69, 9.17) is 20.4 Å². The van der Waals surface area contributed by atoms with E-state index in [0.29, 0.717) is 34.4 Å². The average Bonchev–Trinajstić information content (AvgIpc) is 3.79. The fourth-order valence-corrected chi connectivity index (χ4v) is 5.47. The standard InChI is InChI=1S/C33H27N5O3/c1-41-24-11-4-18(5-12-24)29-25-13-8-21(35-25)16-22-9-15-27(36-22)30(19-2-6-20(34)7-3-19)31-33(40)32(39)28(38-31)17-23-10-14-26(29)37-23/h2-8,10-14,16-17,35,38-40H,9,15,34H2,1H3. The molecule has 8 nitrogen and oxygen atoms in total. The zero-order valence-corrected chi connectivity index (χ0v) is 22.3. The zero-order valence-electron chi connectivity index (χ0n) is 22.3. The van der Waals surface area contributed by atoms with E-state index in [1.165, 1.54) is 0 Å². The monoisotopic (exact) mass is 541 g/mol. The van der Waals surface area contributed by atoms with Crippen molar-refractivity contribution in [1.29, 1.82) is 0 Å². The second kappa shape index (κ2) is 9.60. The third kappa shape index (κ3) is 4.35. The Morgan fingerprint density at radius 1 is 0.756 bits per heavy atom. The van der Waals surface area contributed by atoms with Gasteiger partial charge in [-0.05, 0) is 84.7 Å². The predicted octanol–water partition coefficient (Wildman–Crippen LogP) is 6.61. The molecule has 0 saturated heterocycles. The Labute approximate surface area is 235 Å². The maximum atomic E-state index is 11.1. The molecule has 3 aromatic heterocycles. The van der Waals surface area contributed by atoms with E-state index < -0.39 is 0 Å². The number of benzene rings is 2. The third-order valence-electron chi connectivity index (χ3n) is 7.50. The van der Waals surface area contributed by atoms with Gasteiger partial charge in [-0.2, -0.15) is 0 Å². The number of nitrogens with two attached hydrogens (primary N) is 1. The molecule has 0 unspecified atom stereocenters. The van der Waals surface area contributed by atoms with Crippen molar-refractivity contribution >= 4 is 39.9 Å². The van der Waals surface area contributed by atoms with E-state index in [-0.39, 0.29) is 11.5 Å². The fourth-order valence-electron chi connectivity index (χ4n) is 5.47. The highest BCUT2D eigenvalue weighted by Gasteiger charge is 2.20. The molecule has 202 valence electrons. The van der Waals surface area contributed by atoms with Gasteiger partial charge in [0.05, 0.1) is 35.2 Å². The zero-order chi connectivity index (χ0) is 28.1. The van der Waals surface area contributed by atoms with Crippen molar-refractivity contribution in [1.82, 2.24) is 19.9 Å². The number of aromatic hydroxyl groups is 2.